The quantitative estimate of drug-likeness (QED) is 0.783. The number of rotatable bonds is 3. The molecule has 1 fully saturated rings. The SMILES string of the molecule is CCO[C@]1(C)OCC[C@]1(C)NC(C)(C)C. The van der Waals surface area contributed by atoms with Gasteiger partial charge in [0.1, 0.15) is 0 Å². The van der Waals surface area contributed by atoms with Crippen molar-refractivity contribution in [2.75, 3.05) is 13.2 Å². The van der Waals surface area contributed by atoms with Crippen LogP contribution in [0.1, 0.15) is 48.0 Å². The lowest BCUT2D eigenvalue weighted by Gasteiger charge is -2.43. The van der Waals surface area contributed by atoms with Crippen molar-refractivity contribution in [3.05, 3.63) is 0 Å². The first-order chi connectivity index (χ1) is 6.72. The Hall–Kier alpha value is -0.120. The van der Waals surface area contributed by atoms with E-state index >= 15 is 0 Å². The second-order valence-corrected chi connectivity index (χ2v) is 5.68. The summed E-state index contributed by atoms with van der Waals surface area (Å²) in [5.74, 6) is -0.505. The smallest absolute Gasteiger partial charge is 0.183 e. The van der Waals surface area contributed by atoms with Gasteiger partial charge in [-0.3, -0.25) is 0 Å². The van der Waals surface area contributed by atoms with Gasteiger partial charge < -0.3 is 14.8 Å². The van der Waals surface area contributed by atoms with Crippen LogP contribution in [0.5, 0.6) is 0 Å². The summed E-state index contributed by atoms with van der Waals surface area (Å²) >= 11 is 0. The van der Waals surface area contributed by atoms with Gasteiger partial charge in [0.2, 0.25) is 0 Å². The van der Waals surface area contributed by atoms with Gasteiger partial charge in [-0.05, 0) is 48.0 Å². The van der Waals surface area contributed by atoms with Gasteiger partial charge >= 0.3 is 0 Å². The van der Waals surface area contributed by atoms with Crippen molar-refractivity contribution >= 4 is 0 Å². The Labute approximate surface area is 93.5 Å². The maximum Gasteiger partial charge on any atom is 0.183 e. The van der Waals surface area contributed by atoms with Crippen molar-refractivity contribution in [3.63, 3.8) is 0 Å². The summed E-state index contributed by atoms with van der Waals surface area (Å²) in [6.07, 6.45) is 0.987. The van der Waals surface area contributed by atoms with Crippen LogP contribution in [-0.4, -0.2) is 30.1 Å². The first-order valence-electron chi connectivity index (χ1n) is 5.80. The van der Waals surface area contributed by atoms with E-state index in [1.165, 1.54) is 0 Å². The molecule has 0 aliphatic carbocycles. The highest BCUT2D eigenvalue weighted by Crippen LogP contribution is 2.37. The van der Waals surface area contributed by atoms with Gasteiger partial charge in [-0.15, -0.1) is 0 Å². The van der Waals surface area contributed by atoms with Crippen molar-refractivity contribution in [2.45, 2.75) is 64.8 Å². The van der Waals surface area contributed by atoms with Crippen LogP contribution in [0.25, 0.3) is 0 Å². The molecule has 15 heavy (non-hydrogen) atoms. The Morgan fingerprint density at radius 1 is 1.33 bits per heavy atom. The minimum Gasteiger partial charge on any atom is -0.349 e. The summed E-state index contributed by atoms with van der Waals surface area (Å²) < 4.78 is 11.5. The molecule has 1 N–H and O–H groups in total. The lowest BCUT2D eigenvalue weighted by Crippen LogP contribution is -2.62. The Kier molecular flexibility index (Phi) is 3.49. The molecule has 1 saturated heterocycles. The van der Waals surface area contributed by atoms with Crippen molar-refractivity contribution in [2.24, 2.45) is 0 Å². The van der Waals surface area contributed by atoms with E-state index in [2.05, 4.69) is 33.0 Å². The summed E-state index contributed by atoms with van der Waals surface area (Å²) in [4.78, 5) is 0. The molecule has 3 heteroatoms. The molecular weight excluding hydrogens is 190 g/mol. The van der Waals surface area contributed by atoms with Gasteiger partial charge in [-0.2, -0.15) is 0 Å². The first kappa shape index (κ1) is 12.9. The van der Waals surface area contributed by atoms with Gasteiger partial charge in [0.15, 0.2) is 5.79 Å². The molecule has 1 heterocycles. The van der Waals surface area contributed by atoms with Gasteiger partial charge in [-0.25, -0.2) is 0 Å². The van der Waals surface area contributed by atoms with E-state index in [0.717, 1.165) is 13.0 Å². The van der Waals surface area contributed by atoms with Crippen LogP contribution in [0.2, 0.25) is 0 Å². The maximum atomic E-state index is 5.77. The van der Waals surface area contributed by atoms with Gasteiger partial charge in [-0.1, -0.05) is 0 Å². The number of hydrogen-bond acceptors (Lipinski definition) is 3. The average molecular weight is 215 g/mol. The number of nitrogens with one attached hydrogen (secondary N) is 1. The third-order valence-electron chi connectivity index (χ3n) is 3.05. The van der Waals surface area contributed by atoms with Crippen molar-refractivity contribution in [3.8, 4) is 0 Å². The molecule has 0 amide bonds. The van der Waals surface area contributed by atoms with Crippen molar-refractivity contribution in [1.82, 2.24) is 5.32 Å². The second-order valence-electron chi connectivity index (χ2n) is 5.68. The Morgan fingerprint density at radius 3 is 2.40 bits per heavy atom. The molecule has 0 bridgehead atoms. The van der Waals surface area contributed by atoms with Crippen LogP contribution in [0.3, 0.4) is 0 Å². The van der Waals surface area contributed by atoms with E-state index < -0.39 is 5.79 Å². The zero-order valence-corrected chi connectivity index (χ0v) is 10.9. The molecule has 90 valence electrons. The summed E-state index contributed by atoms with van der Waals surface area (Å²) in [7, 11) is 0. The minimum absolute atomic E-state index is 0.0702. The molecule has 0 unspecified atom stereocenters. The fourth-order valence-electron chi connectivity index (χ4n) is 2.32. The molecule has 0 aromatic rings. The highest BCUT2D eigenvalue weighted by atomic mass is 16.7. The molecule has 2 atom stereocenters. The van der Waals surface area contributed by atoms with Crippen LogP contribution in [-0.2, 0) is 9.47 Å². The zero-order valence-electron chi connectivity index (χ0n) is 10.9. The maximum absolute atomic E-state index is 5.77. The molecule has 0 aromatic heterocycles. The summed E-state index contributed by atoms with van der Waals surface area (Å²) in [6, 6.07) is 0. The second kappa shape index (κ2) is 4.04. The monoisotopic (exact) mass is 215 g/mol. The van der Waals surface area contributed by atoms with Gasteiger partial charge in [0.05, 0.1) is 12.1 Å². The fraction of sp³-hybridized carbons (Fsp3) is 1.00. The van der Waals surface area contributed by atoms with E-state index in [1.807, 2.05) is 13.8 Å². The van der Waals surface area contributed by atoms with E-state index in [-0.39, 0.29) is 11.1 Å². The Morgan fingerprint density at radius 2 is 1.93 bits per heavy atom. The van der Waals surface area contributed by atoms with E-state index in [1.54, 1.807) is 0 Å². The Bertz CT molecular complexity index is 224. The topological polar surface area (TPSA) is 30.5 Å². The summed E-state index contributed by atoms with van der Waals surface area (Å²) in [6.45, 7) is 14.2. The van der Waals surface area contributed by atoms with Crippen LogP contribution in [0, 0.1) is 0 Å². The molecular formula is C12H25NO2. The molecule has 1 rings (SSSR count). The van der Waals surface area contributed by atoms with Crippen molar-refractivity contribution in [1.29, 1.82) is 0 Å². The third-order valence-corrected chi connectivity index (χ3v) is 3.05. The number of hydrogen-bond donors (Lipinski definition) is 1. The highest BCUT2D eigenvalue weighted by Gasteiger charge is 2.52. The van der Waals surface area contributed by atoms with E-state index in [9.17, 15) is 0 Å². The molecule has 1 aliphatic heterocycles. The van der Waals surface area contributed by atoms with Crippen LogP contribution >= 0.6 is 0 Å². The predicted molar refractivity (Wildman–Crippen MR) is 61.9 cm³/mol. The summed E-state index contributed by atoms with van der Waals surface area (Å²) in [5, 5.41) is 3.62. The van der Waals surface area contributed by atoms with Crippen molar-refractivity contribution < 1.29 is 9.47 Å². The Balaban J connectivity index is 2.81. The largest absolute Gasteiger partial charge is 0.349 e. The molecule has 0 aromatic carbocycles. The molecule has 1 aliphatic rings. The summed E-state index contributed by atoms with van der Waals surface area (Å²) in [5.41, 5.74) is -0.0396. The standard InChI is InChI=1S/C12H25NO2/c1-7-14-12(6)11(5,8-9-15-12)13-10(2,3)4/h13H,7-9H2,1-6H3/t11-,12+/m0/s1. The fourth-order valence-corrected chi connectivity index (χ4v) is 2.32. The lowest BCUT2D eigenvalue weighted by atomic mass is 9.88. The van der Waals surface area contributed by atoms with E-state index in [0.29, 0.717) is 6.61 Å². The predicted octanol–water partition coefficient (Wildman–Crippen LogP) is 2.31. The zero-order chi connectivity index (χ0) is 11.7. The van der Waals surface area contributed by atoms with Gasteiger partial charge in [0, 0.05) is 12.1 Å². The normalized spacial score (nSPS) is 37.2. The van der Waals surface area contributed by atoms with Crippen LogP contribution < -0.4 is 5.32 Å². The lowest BCUT2D eigenvalue weighted by molar-refractivity contribution is -0.227. The molecule has 0 saturated carbocycles. The number of ether oxygens (including phenoxy) is 2. The third kappa shape index (κ3) is 2.71. The van der Waals surface area contributed by atoms with Crippen LogP contribution in [0.15, 0.2) is 0 Å². The van der Waals surface area contributed by atoms with Crippen LogP contribution in [0.4, 0.5) is 0 Å². The highest BCUT2D eigenvalue weighted by molar-refractivity contribution is 5.02. The molecule has 3 nitrogen and oxygen atoms in total. The molecule has 0 radical (unpaired) electrons. The minimum atomic E-state index is -0.505. The van der Waals surface area contributed by atoms with E-state index in [4.69, 9.17) is 9.47 Å². The molecule has 0 spiro atoms. The first-order valence-corrected chi connectivity index (χ1v) is 5.80. The van der Waals surface area contributed by atoms with Gasteiger partial charge in [0.25, 0.3) is 0 Å². The average Bonchev–Trinajstić information content (AvgIpc) is 2.24.